The second kappa shape index (κ2) is 7.48. The molecule has 0 fully saturated rings. The third kappa shape index (κ3) is 3.42. The molecular formula is C21H19N5O2. The molecule has 0 aliphatic carbocycles. The molecule has 3 heterocycles. The Bertz CT molecular complexity index is 1120. The van der Waals surface area contributed by atoms with Crippen LogP contribution in [0.3, 0.4) is 0 Å². The predicted octanol–water partition coefficient (Wildman–Crippen LogP) is 3.45. The number of anilines is 1. The molecule has 3 aromatic heterocycles. The smallest absolute Gasteiger partial charge is 0.247 e. The zero-order valence-corrected chi connectivity index (χ0v) is 15.6. The molecular weight excluding hydrogens is 354 g/mol. The first-order valence-electron chi connectivity index (χ1n) is 8.83. The molecule has 4 rings (SSSR count). The van der Waals surface area contributed by atoms with E-state index >= 15 is 0 Å². The van der Waals surface area contributed by atoms with Gasteiger partial charge in [0.1, 0.15) is 18.1 Å². The van der Waals surface area contributed by atoms with Crippen molar-refractivity contribution in [1.29, 1.82) is 0 Å². The number of carbonyl (C=O) groups is 1. The van der Waals surface area contributed by atoms with Crippen molar-refractivity contribution in [3.63, 3.8) is 0 Å². The van der Waals surface area contributed by atoms with E-state index in [1.54, 1.807) is 36.3 Å². The topological polar surface area (TPSA) is 81.9 Å². The van der Waals surface area contributed by atoms with Crippen LogP contribution in [0.2, 0.25) is 0 Å². The van der Waals surface area contributed by atoms with Crippen molar-refractivity contribution in [3.8, 4) is 16.9 Å². The number of carbonyl (C=O) groups excluding carboxylic acids is 1. The van der Waals surface area contributed by atoms with E-state index in [-0.39, 0.29) is 12.5 Å². The van der Waals surface area contributed by atoms with Crippen LogP contribution in [0.5, 0.6) is 5.75 Å². The van der Waals surface area contributed by atoms with Gasteiger partial charge < -0.3 is 10.1 Å². The minimum Gasteiger partial charge on any atom is -0.497 e. The molecule has 0 atom stereocenters. The fraction of sp³-hybridized carbons (Fsp3) is 0.143. The first-order valence-corrected chi connectivity index (χ1v) is 8.83. The summed E-state index contributed by atoms with van der Waals surface area (Å²) in [5.74, 6) is 1.10. The summed E-state index contributed by atoms with van der Waals surface area (Å²) in [4.78, 5) is 21.0. The Morgan fingerprint density at radius 2 is 1.89 bits per heavy atom. The van der Waals surface area contributed by atoms with E-state index in [4.69, 9.17) is 4.74 Å². The molecule has 0 unspecified atom stereocenters. The predicted molar refractivity (Wildman–Crippen MR) is 107 cm³/mol. The lowest BCUT2D eigenvalue weighted by Gasteiger charge is -2.07. The highest BCUT2D eigenvalue weighted by Crippen LogP contribution is 2.30. The maximum atomic E-state index is 12.4. The number of aromatic nitrogens is 4. The van der Waals surface area contributed by atoms with Crippen LogP contribution in [0.25, 0.3) is 22.2 Å². The van der Waals surface area contributed by atoms with E-state index in [9.17, 15) is 4.79 Å². The Kier molecular flexibility index (Phi) is 4.72. The number of ether oxygens (including phenoxy) is 1. The van der Waals surface area contributed by atoms with Gasteiger partial charge in [-0.2, -0.15) is 5.10 Å². The number of methoxy groups -OCH3 is 1. The largest absolute Gasteiger partial charge is 0.497 e. The Morgan fingerprint density at radius 3 is 2.61 bits per heavy atom. The Hall–Kier alpha value is -3.74. The van der Waals surface area contributed by atoms with Gasteiger partial charge in [0, 0.05) is 17.8 Å². The van der Waals surface area contributed by atoms with Crippen LogP contribution < -0.4 is 10.1 Å². The average molecular weight is 373 g/mol. The SMILES string of the molecule is COc1ccc(-c2ccnc3c2c(C)nn3CC(=O)Nc2ccccn2)cc1. The molecule has 4 aromatic rings. The summed E-state index contributed by atoms with van der Waals surface area (Å²) in [6.07, 6.45) is 3.36. The molecule has 0 radical (unpaired) electrons. The summed E-state index contributed by atoms with van der Waals surface area (Å²) < 4.78 is 6.86. The van der Waals surface area contributed by atoms with Crippen LogP contribution in [0.1, 0.15) is 5.69 Å². The first-order chi connectivity index (χ1) is 13.7. The molecule has 28 heavy (non-hydrogen) atoms. The van der Waals surface area contributed by atoms with Gasteiger partial charge in [-0.15, -0.1) is 0 Å². The minimum absolute atomic E-state index is 0.0555. The highest BCUT2D eigenvalue weighted by atomic mass is 16.5. The van der Waals surface area contributed by atoms with Crippen molar-refractivity contribution in [2.24, 2.45) is 0 Å². The highest BCUT2D eigenvalue weighted by molar-refractivity contribution is 5.96. The third-order valence-corrected chi connectivity index (χ3v) is 4.43. The first kappa shape index (κ1) is 17.7. The van der Waals surface area contributed by atoms with Gasteiger partial charge in [-0.25, -0.2) is 14.6 Å². The average Bonchev–Trinajstić information content (AvgIpc) is 3.04. The van der Waals surface area contributed by atoms with Crippen LogP contribution in [-0.2, 0) is 11.3 Å². The van der Waals surface area contributed by atoms with Gasteiger partial charge in [0.05, 0.1) is 12.8 Å². The van der Waals surface area contributed by atoms with Gasteiger partial charge in [-0.1, -0.05) is 18.2 Å². The maximum absolute atomic E-state index is 12.4. The Labute approximate surface area is 162 Å². The van der Waals surface area contributed by atoms with Crippen molar-refractivity contribution in [1.82, 2.24) is 19.7 Å². The quantitative estimate of drug-likeness (QED) is 0.579. The molecule has 0 spiro atoms. The molecule has 0 saturated heterocycles. The molecule has 0 aliphatic rings. The zero-order chi connectivity index (χ0) is 19.5. The van der Waals surface area contributed by atoms with Crippen molar-refractivity contribution in [2.45, 2.75) is 13.5 Å². The number of hydrogen-bond donors (Lipinski definition) is 1. The number of pyridine rings is 2. The number of nitrogens with zero attached hydrogens (tertiary/aromatic N) is 4. The molecule has 7 heteroatoms. The third-order valence-electron chi connectivity index (χ3n) is 4.43. The van der Waals surface area contributed by atoms with Crippen LogP contribution in [0.15, 0.2) is 60.9 Å². The van der Waals surface area contributed by atoms with Crippen LogP contribution >= 0.6 is 0 Å². The summed E-state index contributed by atoms with van der Waals surface area (Å²) in [7, 11) is 1.64. The zero-order valence-electron chi connectivity index (χ0n) is 15.6. The standard InChI is InChI=1S/C21H19N5O2/c1-14-20-17(15-6-8-16(28-2)9-7-15)10-12-23-21(20)26(25-14)13-19(27)24-18-5-3-4-11-22-18/h3-12H,13H2,1-2H3,(H,22,24,27). The number of amides is 1. The van der Waals surface area contributed by atoms with E-state index in [1.165, 1.54) is 0 Å². The van der Waals surface area contributed by atoms with E-state index in [0.29, 0.717) is 11.5 Å². The monoisotopic (exact) mass is 373 g/mol. The molecule has 7 nitrogen and oxygen atoms in total. The van der Waals surface area contributed by atoms with Crippen molar-refractivity contribution >= 4 is 22.8 Å². The lowest BCUT2D eigenvalue weighted by atomic mass is 10.0. The van der Waals surface area contributed by atoms with E-state index in [1.807, 2.05) is 43.3 Å². The second-order valence-corrected chi connectivity index (χ2v) is 6.29. The fourth-order valence-electron chi connectivity index (χ4n) is 3.16. The van der Waals surface area contributed by atoms with Crippen molar-refractivity contribution < 1.29 is 9.53 Å². The number of benzene rings is 1. The van der Waals surface area contributed by atoms with Gasteiger partial charge in [0.25, 0.3) is 0 Å². The fourth-order valence-corrected chi connectivity index (χ4v) is 3.16. The van der Waals surface area contributed by atoms with Gasteiger partial charge in [-0.05, 0) is 48.4 Å². The lowest BCUT2D eigenvalue weighted by molar-refractivity contribution is -0.116. The molecule has 140 valence electrons. The summed E-state index contributed by atoms with van der Waals surface area (Å²) in [5.41, 5.74) is 3.54. The lowest BCUT2D eigenvalue weighted by Crippen LogP contribution is -2.20. The molecule has 0 bridgehead atoms. The normalized spacial score (nSPS) is 10.8. The summed E-state index contributed by atoms with van der Waals surface area (Å²) in [6, 6.07) is 15.1. The van der Waals surface area contributed by atoms with Crippen LogP contribution in [0, 0.1) is 6.92 Å². The summed E-state index contributed by atoms with van der Waals surface area (Å²) >= 11 is 0. The van der Waals surface area contributed by atoms with E-state index in [2.05, 4.69) is 20.4 Å². The summed E-state index contributed by atoms with van der Waals surface area (Å²) in [5, 5.41) is 8.24. The van der Waals surface area contributed by atoms with Crippen LogP contribution in [-0.4, -0.2) is 32.8 Å². The van der Waals surface area contributed by atoms with Gasteiger partial charge in [0.2, 0.25) is 5.91 Å². The molecule has 1 N–H and O–H groups in total. The number of fused-ring (bicyclic) bond motifs is 1. The van der Waals surface area contributed by atoms with Gasteiger partial charge >= 0.3 is 0 Å². The molecule has 0 saturated carbocycles. The van der Waals surface area contributed by atoms with E-state index < -0.39 is 0 Å². The van der Waals surface area contributed by atoms with Crippen molar-refractivity contribution in [3.05, 3.63) is 66.6 Å². The Morgan fingerprint density at radius 1 is 1.07 bits per heavy atom. The number of aryl methyl sites for hydroxylation is 1. The van der Waals surface area contributed by atoms with Crippen molar-refractivity contribution in [2.75, 3.05) is 12.4 Å². The minimum atomic E-state index is -0.209. The second-order valence-electron chi connectivity index (χ2n) is 6.29. The Balaban J connectivity index is 1.66. The molecule has 1 amide bonds. The van der Waals surface area contributed by atoms with E-state index in [0.717, 1.165) is 28.0 Å². The van der Waals surface area contributed by atoms with Crippen LogP contribution in [0.4, 0.5) is 5.82 Å². The number of nitrogens with one attached hydrogen (secondary N) is 1. The highest BCUT2D eigenvalue weighted by Gasteiger charge is 2.16. The molecule has 1 aromatic carbocycles. The maximum Gasteiger partial charge on any atom is 0.247 e. The number of rotatable bonds is 5. The molecule has 0 aliphatic heterocycles. The van der Waals surface area contributed by atoms with Gasteiger partial charge in [0.15, 0.2) is 5.65 Å². The van der Waals surface area contributed by atoms with Gasteiger partial charge in [-0.3, -0.25) is 4.79 Å². The number of hydrogen-bond acceptors (Lipinski definition) is 5. The summed E-state index contributed by atoms with van der Waals surface area (Å²) in [6.45, 7) is 1.98.